The number of aliphatic hydroxyl groups excluding tert-OH is 3. The first kappa shape index (κ1) is 29.8. The molecule has 0 aromatic rings. The number of carboxylic acid groups (broad SMARTS) is 1. The molecule has 0 aromatic carbocycles. The minimum Gasteiger partial charge on any atom is -0.481 e. The lowest BCUT2D eigenvalue weighted by Crippen LogP contribution is -2.65. The van der Waals surface area contributed by atoms with Crippen molar-refractivity contribution in [1.29, 1.82) is 0 Å². The predicted octanol–water partition coefficient (Wildman–Crippen LogP) is 5.23. The van der Waals surface area contributed by atoms with Gasteiger partial charge in [-0.25, -0.2) is 0 Å². The zero-order chi connectivity index (χ0) is 29.8. The lowest BCUT2D eigenvalue weighted by molar-refractivity contribution is -0.308. The van der Waals surface area contributed by atoms with Crippen LogP contribution in [0.4, 0.5) is 0 Å². The van der Waals surface area contributed by atoms with Crippen molar-refractivity contribution < 1.29 is 34.7 Å². The van der Waals surface area contributed by atoms with Gasteiger partial charge in [0, 0.05) is 5.92 Å². The van der Waals surface area contributed by atoms with Gasteiger partial charge in [-0.15, -0.1) is 0 Å². The third-order valence-electron chi connectivity index (χ3n) is 14.2. The average molecular weight is 573 g/mol. The van der Waals surface area contributed by atoms with Crippen LogP contribution in [0.3, 0.4) is 0 Å². The molecule has 5 aliphatic carbocycles. The van der Waals surface area contributed by atoms with Crippen molar-refractivity contribution in [1.82, 2.24) is 0 Å². The summed E-state index contributed by atoms with van der Waals surface area (Å²) in [7, 11) is 0. The minimum absolute atomic E-state index is 0.0281. The first-order valence-electron chi connectivity index (χ1n) is 16.0. The predicted molar refractivity (Wildman–Crippen MR) is 155 cm³/mol. The average Bonchev–Trinajstić information content (AvgIpc) is 2.90. The van der Waals surface area contributed by atoms with E-state index in [-0.39, 0.29) is 40.3 Å². The van der Waals surface area contributed by atoms with Crippen LogP contribution >= 0.6 is 0 Å². The Morgan fingerprint density at radius 1 is 0.976 bits per heavy atom. The Morgan fingerprint density at radius 2 is 1.71 bits per heavy atom. The molecule has 0 aromatic heterocycles. The second-order valence-electron chi connectivity index (χ2n) is 16.0. The fraction of sp³-hybridized carbons (Fsp3) is 0.853. The fourth-order valence-corrected chi connectivity index (χ4v) is 11.5. The topological polar surface area (TPSA) is 116 Å². The lowest BCUT2D eigenvalue weighted by Gasteiger charge is -2.71. The number of allylic oxidation sites excluding steroid dienone is 3. The maximum Gasteiger partial charge on any atom is 0.310 e. The van der Waals surface area contributed by atoms with E-state index in [2.05, 4.69) is 47.3 Å². The van der Waals surface area contributed by atoms with Crippen LogP contribution in [-0.4, -0.2) is 63.7 Å². The number of ether oxygens (including phenoxy) is 2. The van der Waals surface area contributed by atoms with Crippen LogP contribution in [0.1, 0.15) is 98.8 Å². The summed E-state index contributed by atoms with van der Waals surface area (Å²) in [5, 5.41) is 41.2. The highest BCUT2D eigenvalue weighted by Crippen LogP contribution is 2.75. The third kappa shape index (κ3) is 3.97. The molecule has 1 heterocycles. The molecule has 0 amide bonds. The SMILES string of the molecule is C=C1CC[C@]2(C(=O)O)CC[C@]3(C)C(=CC[C@@H]4[C@@]5(C)CC[C@H](O[C@@H]6OC[C@H](O)[C@H](O)[C@H]6O)C(C)(C)[C@@H]5CC[C@]43C)[C@@H]2C1. The molecule has 0 spiro atoms. The van der Waals surface area contributed by atoms with E-state index in [9.17, 15) is 25.2 Å². The third-order valence-corrected chi connectivity index (χ3v) is 14.2. The molecule has 230 valence electrons. The summed E-state index contributed by atoms with van der Waals surface area (Å²) in [6.45, 7) is 16.3. The molecule has 1 aliphatic heterocycles. The molecule has 0 unspecified atom stereocenters. The summed E-state index contributed by atoms with van der Waals surface area (Å²) in [6.07, 6.45) is 6.80. The Kier molecular flexibility index (Phi) is 7.00. The molecule has 7 heteroatoms. The van der Waals surface area contributed by atoms with E-state index < -0.39 is 36.0 Å². The quantitative estimate of drug-likeness (QED) is 0.270. The van der Waals surface area contributed by atoms with Gasteiger partial charge in [0.1, 0.15) is 18.3 Å². The number of hydrogen-bond donors (Lipinski definition) is 4. The molecule has 7 nitrogen and oxygen atoms in total. The van der Waals surface area contributed by atoms with Crippen molar-refractivity contribution in [2.45, 2.75) is 130 Å². The number of hydrogen-bond acceptors (Lipinski definition) is 6. The number of aliphatic carboxylic acids is 1. The summed E-state index contributed by atoms with van der Waals surface area (Å²) >= 11 is 0. The van der Waals surface area contributed by atoms with E-state index >= 15 is 0 Å². The van der Waals surface area contributed by atoms with Gasteiger partial charge in [0.05, 0.1) is 18.1 Å². The van der Waals surface area contributed by atoms with Crippen LogP contribution in [0.15, 0.2) is 23.8 Å². The van der Waals surface area contributed by atoms with Gasteiger partial charge in [0.25, 0.3) is 0 Å². The summed E-state index contributed by atoms with van der Waals surface area (Å²) in [6, 6.07) is 0. The van der Waals surface area contributed by atoms with Crippen LogP contribution in [0.5, 0.6) is 0 Å². The van der Waals surface area contributed by atoms with Crippen LogP contribution in [-0.2, 0) is 14.3 Å². The first-order valence-corrected chi connectivity index (χ1v) is 16.0. The van der Waals surface area contributed by atoms with Gasteiger partial charge in [-0.2, -0.15) is 0 Å². The maximum atomic E-state index is 12.8. The largest absolute Gasteiger partial charge is 0.481 e. The minimum atomic E-state index is -1.28. The summed E-state index contributed by atoms with van der Waals surface area (Å²) in [5.74, 6) is 0.341. The number of rotatable bonds is 3. The van der Waals surface area contributed by atoms with E-state index in [1.165, 1.54) is 11.1 Å². The van der Waals surface area contributed by atoms with Crippen molar-refractivity contribution in [2.24, 2.45) is 44.8 Å². The van der Waals surface area contributed by atoms with Crippen molar-refractivity contribution in [3.8, 4) is 0 Å². The summed E-state index contributed by atoms with van der Waals surface area (Å²) in [4.78, 5) is 12.8. The highest BCUT2D eigenvalue weighted by atomic mass is 16.7. The highest BCUT2D eigenvalue weighted by molar-refractivity contribution is 5.77. The summed E-state index contributed by atoms with van der Waals surface area (Å²) < 4.78 is 12.1. The van der Waals surface area contributed by atoms with Crippen molar-refractivity contribution in [3.05, 3.63) is 23.8 Å². The second-order valence-corrected chi connectivity index (χ2v) is 16.0. The molecule has 6 aliphatic rings. The lowest BCUT2D eigenvalue weighted by atomic mass is 9.34. The monoisotopic (exact) mass is 572 g/mol. The molecule has 6 rings (SSSR count). The Labute approximate surface area is 245 Å². The molecule has 4 N–H and O–H groups in total. The standard InChI is InChI=1S/C34H52O7/c1-19-9-14-34(29(38)39)16-15-32(5)20(21(34)17-19)7-8-24-31(4)12-11-25(30(2,3)23(31)10-13-33(24,32)6)41-28-27(37)26(36)22(35)18-40-28/h7,21-28,35-37H,1,8-18H2,2-6H3,(H,38,39)/t21-,22-,23-,24+,25-,26-,27+,28-,31-,32+,33+,34-/m0/s1. The normalized spacial score (nSPS) is 52.8. The zero-order valence-corrected chi connectivity index (χ0v) is 25.7. The van der Waals surface area contributed by atoms with Gasteiger partial charge in [-0.3, -0.25) is 4.79 Å². The number of fused-ring (bicyclic) bond motifs is 7. The van der Waals surface area contributed by atoms with Gasteiger partial charge >= 0.3 is 5.97 Å². The van der Waals surface area contributed by atoms with Crippen LogP contribution in [0.2, 0.25) is 0 Å². The van der Waals surface area contributed by atoms with Crippen LogP contribution in [0, 0.1) is 44.8 Å². The number of carboxylic acids is 1. The van der Waals surface area contributed by atoms with E-state index in [0.717, 1.165) is 57.8 Å². The van der Waals surface area contributed by atoms with Crippen molar-refractivity contribution in [2.75, 3.05) is 6.61 Å². The Hall–Kier alpha value is -1.25. The van der Waals surface area contributed by atoms with E-state index in [1.807, 2.05) is 0 Å². The molecule has 5 fully saturated rings. The highest BCUT2D eigenvalue weighted by Gasteiger charge is 2.69. The maximum absolute atomic E-state index is 12.8. The van der Waals surface area contributed by atoms with E-state index in [0.29, 0.717) is 18.3 Å². The van der Waals surface area contributed by atoms with Gasteiger partial charge in [-0.05, 0) is 97.7 Å². The van der Waals surface area contributed by atoms with E-state index in [4.69, 9.17) is 9.47 Å². The zero-order valence-electron chi connectivity index (χ0n) is 25.7. The molecule has 41 heavy (non-hydrogen) atoms. The number of carbonyl (C=O) groups is 1. The molecular formula is C34H52O7. The number of aliphatic hydroxyl groups is 3. The first-order chi connectivity index (χ1) is 19.1. The smallest absolute Gasteiger partial charge is 0.310 e. The molecule has 4 saturated carbocycles. The van der Waals surface area contributed by atoms with Gasteiger partial charge < -0.3 is 29.9 Å². The van der Waals surface area contributed by atoms with Gasteiger partial charge in [0.2, 0.25) is 0 Å². The summed E-state index contributed by atoms with van der Waals surface area (Å²) in [5.41, 5.74) is 1.94. The Balaban J connectivity index is 1.30. The molecule has 12 atom stereocenters. The Bertz CT molecular complexity index is 1130. The van der Waals surface area contributed by atoms with Crippen molar-refractivity contribution in [3.63, 3.8) is 0 Å². The van der Waals surface area contributed by atoms with Crippen LogP contribution in [0.25, 0.3) is 0 Å². The molecular weight excluding hydrogens is 520 g/mol. The van der Waals surface area contributed by atoms with E-state index in [1.54, 1.807) is 0 Å². The fourth-order valence-electron chi connectivity index (χ4n) is 11.5. The van der Waals surface area contributed by atoms with Gasteiger partial charge in [0.15, 0.2) is 6.29 Å². The van der Waals surface area contributed by atoms with Gasteiger partial charge in [-0.1, -0.05) is 58.4 Å². The molecule has 1 saturated heterocycles. The molecule has 0 bridgehead atoms. The molecule has 0 radical (unpaired) electrons. The Morgan fingerprint density at radius 3 is 2.41 bits per heavy atom. The van der Waals surface area contributed by atoms with Crippen LogP contribution < -0.4 is 0 Å². The van der Waals surface area contributed by atoms with Crippen molar-refractivity contribution >= 4 is 5.97 Å². The second kappa shape index (κ2) is 9.62.